The molecule has 1 aromatic carbocycles. The van der Waals surface area contributed by atoms with E-state index in [1.54, 1.807) is 12.3 Å². The predicted molar refractivity (Wildman–Crippen MR) is 111 cm³/mol. The van der Waals surface area contributed by atoms with Crippen LogP contribution in [-0.4, -0.2) is 38.4 Å². The van der Waals surface area contributed by atoms with Crippen molar-refractivity contribution in [3.63, 3.8) is 0 Å². The minimum Gasteiger partial charge on any atom is -0.357 e. The van der Waals surface area contributed by atoms with Gasteiger partial charge in [0.25, 0.3) is 5.91 Å². The Kier molecular flexibility index (Phi) is 5.39. The van der Waals surface area contributed by atoms with E-state index >= 15 is 0 Å². The second-order valence-electron chi connectivity index (χ2n) is 7.09. The van der Waals surface area contributed by atoms with Gasteiger partial charge in [0.1, 0.15) is 5.82 Å². The molecular formula is C19H21BrN4O3S. The van der Waals surface area contributed by atoms with Crippen molar-refractivity contribution in [3.8, 4) is 0 Å². The van der Waals surface area contributed by atoms with Crippen LogP contribution in [0.5, 0.6) is 0 Å². The average molecular weight is 465 g/mol. The van der Waals surface area contributed by atoms with Gasteiger partial charge in [-0.3, -0.25) is 4.79 Å². The fraction of sp³-hybridized carbons (Fsp3) is 0.368. The van der Waals surface area contributed by atoms with Crippen LogP contribution in [0.25, 0.3) is 0 Å². The van der Waals surface area contributed by atoms with Crippen LogP contribution in [0.4, 0.5) is 11.5 Å². The summed E-state index contributed by atoms with van der Waals surface area (Å²) in [5, 5.41) is 2.78. The van der Waals surface area contributed by atoms with Crippen molar-refractivity contribution in [2.75, 3.05) is 23.3 Å². The highest BCUT2D eigenvalue weighted by Gasteiger charge is 2.28. The number of nitrogens with zero attached hydrogens (tertiary/aromatic N) is 2. The van der Waals surface area contributed by atoms with E-state index in [2.05, 4.69) is 35.9 Å². The van der Waals surface area contributed by atoms with Gasteiger partial charge in [-0.25, -0.2) is 18.1 Å². The third-order valence-corrected chi connectivity index (χ3v) is 7.04. The maximum Gasteiger partial charge on any atom is 0.256 e. The molecule has 148 valence electrons. The van der Waals surface area contributed by atoms with Gasteiger partial charge in [0.2, 0.25) is 10.0 Å². The van der Waals surface area contributed by atoms with Gasteiger partial charge in [0, 0.05) is 23.6 Å². The first-order chi connectivity index (χ1) is 13.4. The molecule has 1 aromatic heterocycles. The highest BCUT2D eigenvalue weighted by Crippen LogP contribution is 2.26. The fourth-order valence-corrected chi connectivity index (χ4v) is 4.88. The number of benzene rings is 1. The van der Waals surface area contributed by atoms with Crippen LogP contribution in [0.1, 0.15) is 36.0 Å². The maximum atomic E-state index is 12.7. The van der Waals surface area contributed by atoms with Gasteiger partial charge in [-0.2, -0.15) is 0 Å². The number of anilines is 2. The summed E-state index contributed by atoms with van der Waals surface area (Å²) in [6.45, 7) is 2.00. The Morgan fingerprint density at radius 2 is 1.89 bits per heavy atom. The average Bonchev–Trinajstić information content (AvgIpc) is 3.30. The van der Waals surface area contributed by atoms with Crippen molar-refractivity contribution in [1.82, 2.24) is 9.71 Å². The number of carbonyl (C=O) groups is 1. The number of aromatic nitrogens is 1. The number of hydrogen-bond acceptors (Lipinski definition) is 5. The summed E-state index contributed by atoms with van der Waals surface area (Å²) in [6.07, 6.45) is 5.66. The van der Waals surface area contributed by atoms with Crippen LogP contribution in [0, 0.1) is 0 Å². The summed E-state index contributed by atoms with van der Waals surface area (Å²) >= 11 is 3.33. The third kappa shape index (κ3) is 4.37. The Bertz CT molecular complexity index is 985. The lowest BCUT2D eigenvalue weighted by Gasteiger charge is -2.16. The number of halogens is 1. The summed E-state index contributed by atoms with van der Waals surface area (Å²) in [5.41, 5.74) is 0.812. The van der Waals surface area contributed by atoms with Gasteiger partial charge >= 0.3 is 0 Å². The molecule has 0 atom stereocenters. The monoisotopic (exact) mass is 464 g/mol. The molecule has 0 unspecified atom stereocenters. The van der Waals surface area contributed by atoms with E-state index in [-0.39, 0.29) is 16.5 Å². The van der Waals surface area contributed by atoms with Crippen molar-refractivity contribution in [3.05, 3.63) is 46.6 Å². The lowest BCUT2D eigenvalue weighted by atomic mass is 10.2. The van der Waals surface area contributed by atoms with Crippen LogP contribution in [-0.2, 0) is 10.0 Å². The molecule has 0 spiro atoms. The van der Waals surface area contributed by atoms with Crippen LogP contribution < -0.4 is 14.9 Å². The molecule has 0 bridgehead atoms. The molecule has 0 radical (unpaired) electrons. The third-order valence-electron chi connectivity index (χ3n) is 4.83. The molecule has 2 fully saturated rings. The molecule has 2 aliphatic rings. The lowest BCUT2D eigenvalue weighted by Crippen LogP contribution is -2.26. The SMILES string of the molecule is O=C(Nc1ccc(N2CCCC2)nc1)c1cc(S(=O)(=O)NC2CC2)ccc1Br. The number of carbonyl (C=O) groups excluding carboxylic acids is 1. The maximum absolute atomic E-state index is 12.7. The molecule has 1 aliphatic heterocycles. The summed E-state index contributed by atoms with van der Waals surface area (Å²) in [4.78, 5) is 19.4. The van der Waals surface area contributed by atoms with Gasteiger partial charge in [0.15, 0.2) is 0 Å². The summed E-state index contributed by atoms with van der Waals surface area (Å²) in [7, 11) is -3.63. The van der Waals surface area contributed by atoms with E-state index in [0.29, 0.717) is 10.2 Å². The number of nitrogens with one attached hydrogen (secondary N) is 2. The van der Waals surface area contributed by atoms with E-state index in [1.807, 2.05) is 12.1 Å². The predicted octanol–water partition coefficient (Wildman–Crippen LogP) is 3.14. The number of rotatable bonds is 6. The number of amides is 1. The Morgan fingerprint density at radius 1 is 1.14 bits per heavy atom. The molecule has 2 N–H and O–H groups in total. The van der Waals surface area contributed by atoms with E-state index in [1.165, 1.54) is 25.0 Å². The van der Waals surface area contributed by atoms with Gasteiger partial charge in [-0.15, -0.1) is 0 Å². The van der Waals surface area contributed by atoms with Crippen molar-refractivity contribution in [2.45, 2.75) is 36.6 Å². The quantitative estimate of drug-likeness (QED) is 0.684. The first kappa shape index (κ1) is 19.4. The Morgan fingerprint density at radius 3 is 2.54 bits per heavy atom. The molecule has 2 heterocycles. The molecule has 1 saturated carbocycles. The normalized spacial score (nSPS) is 17.0. The second-order valence-corrected chi connectivity index (χ2v) is 9.66. The van der Waals surface area contributed by atoms with Crippen LogP contribution in [0.2, 0.25) is 0 Å². The summed E-state index contributed by atoms with van der Waals surface area (Å²) in [5.74, 6) is 0.502. The molecular weight excluding hydrogens is 444 g/mol. The number of hydrogen-bond donors (Lipinski definition) is 2. The zero-order valence-electron chi connectivity index (χ0n) is 15.2. The van der Waals surface area contributed by atoms with Crippen LogP contribution in [0.3, 0.4) is 0 Å². The first-order valence-corrected chi connectivity index (χ1v) is 11.5. The van der Waals surface area contributed by atoms with Gasteiger partial charge in [-0.05, 0) is 71.9 Å². The number of pyridine rings is 1. The highest BCUT2D eigenvalue weighted by molar-refractivity contribution is 9.10. The summed E-state index contributed by atoms with van der Waals surface area (Å²) in [6, 6.07) is 8.14. The molecule has 2 aromatic rings. The molecule has 7 nitrogen and oxygen atoms in total. The lowest BCUT2D eigenvalue weighted by molar-refractivity contribution is 0.102. The summed E-state index contributed by atoms with van der Waals surface area (Å²) < 4.78 is 28.0. The minimum absolute atomic E-state index is 0.00567. The Balaban J connectivity index is 1.50. The topological polar surface area (TPSA) is 91.4 Å². The van der Waals surface area contributed by atoms with E-state index in [4.69, 9.17) is 0 Å². The van der Waals surface area contributed by atoms with Crippen molar-refractivity contribution in [1.29, 1.82) is 0 Å². The van der Waals surface area contributed by atoms with Gasteiger partial charge < -0.3 is 10.2 Å². The molecule has 1 aliphatic carbocycles. The van der Waals surface area contributed by atoms with Crippen molar-refractivity contribution >= 4 is 43.4 Å². The molecule has 9 heteroatoms. The smallest absolute Gasteiger partial charge is 0.256 e. The Labute approximate surface area is 172 Å². The second kappa shape index (κ2) is 7.81. The van der Waals surface area contributed by atoms with Crippen LogP contribution in [0.15, 0.2) is 45.9 Å². The van der Waals surface area contributed by atoms with Gasteiger partial charge in [-0.1, -0.05) is 0 Å². The highest BCUT2D eigenvalue weighted by atomic mass is 79.9. The molecule has 1 amide bonds. The van der Waals surface area contributed by atoms with Gasteiger partial charge in [0.05, 0.1) is 22.3 Å². The standard InChI is InChI=1S/C19H21BrN4O3S/c20-17-7-6-15(28(26,27)23-13-3-4-13)11-16(17)19(25)22-14-5-8-18(21-12-14)24-9-1-2-10-24/h5-8,11-13,23H,1-4,9-10H2,(H,22,25). The first-order valence-electron chi connectivity index (χ1n) is 9.27. The molecule has 28 heavy (non-hydrogen) atoms. The van der Waals surface area contributed by atoms with E-state index in [9.17, 15) is 13.2 Å². The Hall–Kier alpha value is -1.97. The number of sulfonamides is 1. The fourth-order valence-electron chi connectivity index (χ4n) is 3.13. The molecule has 1 saturated heterocycles. The van der Waals surface area contributed by atoms with Crippen molar-refractivity contribution < 1.29 is 13.2 Å². The van der Waals surface area contributed by atoms with Crippen LogP contribution >= 0.6 is 15.9 Å². The zero-order chi connectivity index (χ0) is 19.7. The minimum atomic E-state index is -3.63. The molecule has 4 rings (SSSR count). The van der Waals surface area contributed by atoms with E-state index < -0.39 is 15.9 Å². The largest absolute Gasteiger partial charge is 0.357 e. The van der Waals surface area contributed by atoms with Crippen molar-refractivity contribution in [2.24, 2.45) is 0 Å². The zero-order valence-corrected chi connectivity index (χ0v) is 17.6. The van der Waals surface area contributed by atoms with E-state index in [0.717, 1.165) is 31.7 Å².